The Bertz CT molecular complexity index is 627. The first-order chi connectivity index (χ1) is 10.1. The van der Waals surface area contributed by atoms with Crippen molar-refractivity contribution in [2.24, 2.45) is 0 Å². The van der Waals surface area contributed by atoms with Crippen molar-refractivity contribution < 1.29 is 14.9 Å². The molecule has 0 bridgehead atoms. The van der Waals surface area contributed by atoms with E-state index in [1.807, 2.05) is 0 Å². The number of fused-ring (bicyclic) bond motifs is 2. The van der Waals surface area contributed by atoms with E-state index in [2.05, 4.69) is 40.4 Å². The van der Waals surface area contributed by atoms with E-state index < -0.39 is 8.07 Å². The maximum atomic E-state index is 10.7. The molecule has 22 heavy (non-hydrogen) atoms. The highest BCUT2D eigenvalue weighted by molar-refractivity contribution is 6.81. The number of allylic oxidation sites excluding steroid dienone is 1. The van der Waals surface area contributed by atoms with Crippen LogP contribution in [-0.2, 0) is 17.7 Å². The van der Waals surface area contributed by atoms with E-state index in [0.29, 0.717) is 13.0 Å². The van der Waals surface area contributed by atoms with Crippen molar-refractivity contribution in [2.45, 2.75) is 69.6 Å². The van der Waals surface area contributed by atoms with Gasteiger partial charge in [-0.3, -0.25) is 4.57 Å². The first-order valence-electron chi connectivity index (χ1n) is 8.00. The van der Waals surface area contributed by atoms with E-state index in [4.69, 9.17) is 4.74 Å². The van der Waals surface area contributed by atoms with E-state index in [1.54, 1.807) is 10.6 Å². The van der Waals surface area contributed by atoms with Gasteiger partial charge in [0.25, 0.3) is 0 Å². The zero-order valence-electron chi connectivity index (χ0n) is 14.2. The quantitative estimate of drug-likeness (QED) is 0.508. The summed E-state index contributed by atoms with van der Waals surface area (Å²) in [6, 6.07) is 0. The third kappa shape index (κ3) is 1.98. The Balaban J connectivity index is 2.17. The van der Waals surface area contributed by atoms with Gasteiger partial charge in [-0.05, 0) is 5.04 Å². The summed E-state index contributed by atoms with van der Waals surface area (Å²) in [5.74, 6) is 0.390. The predicted molar refractivity (Wildman–Crippen MR) is 90.3 cm³/mol. The fourth-order valence-corrected chi connectivity index (χ4v) is 6.78. The maximum absolute atomic E-state index is 10.7. The third-order valence-corrected chi connectivity index (χ3v) is 12.1. The maximum Gasteiger partial charge on any atom is 0.197 e. The van der Waals surface area contributed by atoms with Gasteiger partial charge in [0.1, 0.15) is 0 Å². The summed E-state index contributed by atoms with van der Waals surface area (Å²) in [5.41, 5.74) is 2.04. The number of ether oxygens (including phenoxy) is 1. The van der Waals surface area contributed by atoms with Gasteiger partial charge in [-0.1, -0.05) is 39.9 Å². The summed E-state index contributed by atoms with van der Waals surface area (Å²) in [6.07, 6.45) is 2.81. The van der Waals surface area contributed by atoms with Crippen LogP contribution in [0.1, 0.15) is 37.4 Å². The van der Waals surface area contributed by atoms with Gasteiger partial charge in [-0.15, -0.1) is 6.58 Å². The lowest BCUT2D eigenvalue weighted by atomic mass is 9.94. The van der Waals surface area contributed by atoms with E-state index in [9.17, 15) is 10.2 Å². The van der Waals surface area contributed by atoms with Gasteiger partial charge in [0.2, 0.25) is 0 Å². The number of hydrogen-bond donors (Lipinski definition) is 2. The largest absolute Gasteiger partial charge is 0.494 e. The molecule has 3 rings (SSSR count). The molecule has 0 radical (unpaired) electrons. The van der Waals surface area contributed by atoms with E-state index in [1.165, 1.54) is 0 Å². The van der Waals surface area contributed by atoms with E-state index in [0.717, 1.165) is 11.1 Å². The van der Waals surface area contributed by atoms with Gasteiger partial charge in [0.15, 0.2) is 11.8 Å². The second kappa shape index (κ2) is 4.65. The molecule has 1 fully saturated rings. The molecule has 1 saturated heterocycles. The van der Waals surface area contributed by atoms with Gasteiger partial charge in [0, 0.05) is 29.6 Å². The molecule has 0 aromatic carbocycles. The standard InChI is InChI=1S/C17H27NO3Si/c1-7-8-18-15(19)10-9-11-13(21-11)14(12(10)16(18)20)22(5,6)17(2,3)4/h7,11,13-14,19-20H,1,8-9H2,2-6H3. The Hall–Kier alpha value is -1.20. The highest BCUT2D eigenvalue weighted by atomic mass is 28.3. The smallest absolute Gasteiger partial charge is 0.197 e. The van der Waals surface area contributed by atoms with Gasteiger partial charge in [0.05, 0.1) is 20.3 Å². The predicted octanol–water partition coefficient (Wildman–Crippen LogP) is 3.54. The van der Waals surface area contributed by atoms with Crippen LogP contribution in [0.2, 0.25) is 18.1 Å². The molecule has 0 amide bonds. The van der Waals surface area contributed by atoms with Crippen molar-refractivity contribution >= 4 is 8.07 Å². The average molecular weight is 321 g/mol. The van der Waals surface area contributed by atoms with Crippen molar-refractivity contribution in [1.29, 1.82) is 0 Å². The van der Waals surface area contributed by atoms with Crippen LogP contribution in [-0.4, -0.2) is 35.1 Å². The van der Waals surface area contributed by atoms with Gasteiger partial charge >= 0.3 is 0 Å². The Morgan fingerprint density at radius 3 is 2.50 bits per heavy atom. The van der Waals surface area contributed by atoms with Crippen LogP contribution in [0, 0.1) is 0 Å². The van der Waals surface area contributed by atoms with E-state index >= 15 is 0 Å². The molecule has 2 heterocycles. The zero-order chi connectivity index (χ0) is 16.4. The van der Waals surface area contributed by atoms with Gasteiger partial charge in [-0.2, -0.15) is 0 Å². The van der Waals surface area contributed by atoms with E-state index in [-0.39, 0.29) is 34.5 Å². The summed E-state index contributed by atoms with van der Waals surface area (Å²) in [4.78, 5) is 0. The Morgan fingerprint density at radius 1 is 1.32 bits per heavy atom. The van der Waals surface area contributed by atoms with Crippen LogP contribution in [0.25, 0.3) is 0 Å². The molecule has 3 atom stereocenters. The zero-order valence-corrected chi connectivity index (χ0v) is 15.2. The number of hydrogen-bond acceptors (Lipinski definition) is 3. The van der Waals surface area contributed by atoms with Crippen molar-refractivity contribution in [3.8, 4) is 11.8 Å². The molecule has 1 aliphatic carbocycles. The second-order valence-corrected chi connectivity index (χ2v) is 13.8. The first kappa shape index (κ1) is 15.7. The van der Waals surface area contributed by atoms with Crippen LogP contribution in [0.15, 0.2) is 12.7 Å². The summed E-state index contributed by atoms with van der Waals surface area (Å²) in [6.45, 7) is 15.7. The highest BCUT2D eigenvalue weighted by Gasteiger charge is 2.60. The molecule has 3 unspecified atom stereocenters. The van der Waals surface area contributed by atoms with Crippen LogP contribution >= 0.6 is 0 Å². The molecule has 122 valence electrons. The molecular weight excluding hydrogens is 294 g/mol. The second-order valence-electron chi connectivity index (χ2n) is 8.23. The number of epoxide rings is 1. The number of aromatic hydroxyl groups is 2. The summed E-state index contributed by atoms with van der Waals surface area (Å²) in [7, 11) is -1.78. The molecule has 4 nitrogen and oxygen atoms in total. The van der Waals surface area contributed by atoms with Crippen LogP contribution in [0.4, 0.5) is 0 Å². The fourth-order valence-electron chi connectivity index (χ4n) is 3.71. The summed E-state index contributed by atoms with van der Waals surface area (Å²) in [5, 5.41) is 21.5. The lowest BCUT2D eigenvalue weighted by Crippen LogP contribution is -2.48. The normalized spacial score (nSPS) is 27.2. The molecule has 0 spiro atoms. The van der Waals surface area contributed by atoms with Crippen LogP contribution in [0.5, 0.6) is 11.8 Å². The van der Waals surface area contributed by atoms with Gasteiger partial charge in [-0.25, -0.2) is 0 Å². The van der Waals surface area contributed by atoms with Crippen molar-refractivity contribution in [1.82, 2.24) is 4.57 Å². The minimum absolute atomic E-state index is 0.185. The molecule has 2 aliphatic rings. The van der Waals surface area contributed by atoms with Crippen LogP contribution in [0.3, 0.4) is 0 Å². The molecule has 1 aromatic heterocycles. The molecule has 1 aromatic rings. The summed E-state index contributed by atoms with van der Waals surface area (Å²) < 4.78 is 7.48. The Labute approximate surface area is 133 Å². The minimum atomic E-state index is -1.78. The molecule has 0 saturated carbocycles. The lowest BCUT2D eigenvalue weighted by molar-refractivity contribution is 0.353. The SMILES string of the molecule is C=CCn1c(O)c2c(c1O)C([Si](C)(C)C(C)(C)C)C1OC1C2. The minimum Gasteiger partial charge on any atom is -0.494 e. The molecule has 1 aliphatic heterocycles. The molecule has 5 heteroatoms. The molecular formula is C17H27NO3Si. The van der Waals surface area contributed by atoms with Crippen LogP contribution < -0.4 is 0 Å². The van der Waals surface area contributed by atoms with Crippen molar-refractivity contribution in [3.05, 3.63) is 23.8 Å². The third-order valence-electron chi connectivity index (χ3n) is 6.04. The topological polar surface area (TPSA) is 57.9 Å². The highest BCUT2D eigenvalue weighted by Crippen LogP contribution is 2.58. The first-order valence-corrected chi connectivity index (χ1v) is 11.1. The average Bonchev–Trinajstić information content (AvgIpc) is 3.14. The Kier molecular flexibility index (Phi) is 3.31. The van der Waals surface area contributed by atoms with Crippen molar-refractivity contribution in [2.75, 3.05) is 0 Å². The molecule has 2 N–H and O–H groups in total. The fraction of sp³-hybridized carbons (Fsp3) is 0.647. The lowest BCUT2D eigenvalue weighted by Gasteiger charge is -2.44. The Morgan fingerprint density at radius 2 is 1.95 bits per heavy atom. The monoisotopic (exact) mass is 321 g/mol. The number of rotatable bonds is 3. The number of aromatic nitrogens is 1. The summed E-state index contributed by atoms with van der Waals surface area (Å²) >= 11 is 0. The van der Waals surface area contributed by atoms with Gasteiger partial charge < -0.3 is 14.9 Å². The van der Waals surface area contributed by atoms with Crippen molar-refractivity contribution in [3.63, 3.8) is 0 Å². The number of nitrogens with zero attached hydrogens (tertiary/aromatic N) is 1.